The van der Waals surface area contributed by atoms with Gasteiger partial charge in [-0.25, -0.2) is 9.37 Å². The van der Waals surface area contributed by atoms with Gasteiger partial charge in [0.05, 0.1) is 22.5 Å². The molecule has 2 aliphatic rings. The second-order valence-electron chi connectivity index (χ2n) is 9.28. The first-order chi connectivity index (χ1) is 17.7. The third kappa shape index (κ3) is 3.94. The standard InChI is InChI=1S/C26H21F4N5O2/c27-22-20(34-9-10-35-15(13-34)5-8-21(35)36)7-6-18-23(22)33-25(32-18)19-11-14(12-31-19)24(37)16-3-1-2-4-17(16)26(28,29)30/h1-4,6-7,11-12,15,31H,5,8-10,13H2,(H,32,33)/t15-/m1/s1. The third-order valence-corrected chi connectivity index (χ3v) is 7.09. The molecule has 2 aliphatic heterocycles. The van der Waals surface area contributed by atoms with Gasteiger partial charge in [-0.2, -0.15) is 13.2 Å². The number of amides is 1. The molecule has 0 saturated carbocycles. The van der Waals surface area contributed by atoms with Gasteiger partial charge in [-0.15, -0.1) is 0 Å². The normalized spacial score (nSPS) is 18.1. The van der Waals surface area contributed by atoms with E-state index in [9.17, 15) is 22.8 Å². The number of imidazole rings is 1. The molecule has 37 heavy (non-hydrogen) atoms. The number of rotatable bonds is 4. The van der Waals surface area contributed by atoms with Crippen molar-refractivity contribution in [2.75, 3.05) is 24.5 Å². The fourth-order valence-electron chi connectivity index (χ4n) is 5.23. The molecule has 0 radical (unpaired) electrons. The van der Waals surface area contributed by atoms with Crippen molar-refractivity contribution in [2.24, 2.45) is 0 Å². The predicted octanol–water partition coefficient (Wildman–Crippen LogP) is 4.76. The number of halogens is 4. The van der Waals surface area contributed by atoms with Gasteiger partial charge in [-0.05, 0) is 30.7 Å². The lowest BCUT2D eigenvalue weighted by Gasteiger charge is -2.38. The number of benzene rings is 2. The number of anilines is 1. The molecule has 1 atom stereocenters. The van der Waals surface area contributed by atoms with E-state index in [-0.39, 0.29) is 28.9 Å². The van der Waals surface area contributed by atoms with Crippen LogP contribution in [0.1, 0.15) is 34.3 Å². The number of piperazine rings is 1. The van der Waals surface area contributed by atoms with Gasteiger partial charge in [0.15, 0.2) is 17.4 Å². The first-order valence-corrected chi connectivity index (χ1v) is 11.8. The highest BCUT2D eigenvalue weighted by Gasteiger charge is 2.37. The number of ketones is 1. The quantitative estimate of drug-likeness (QED) is 0.306. The molecule has 2 saturated heterocycles. The largest absolute Gasteiger partial charge is 0.417 e. The summed E-state index contributed by atoms with van der Waals surface area (Å²) in [4.78, 5) is 38.8. The zero-order chi connectivity index (χ0) is 25.9. The van der Waals surface area contributed by atoms with Crippen molar-refractivity contribution >= 4 is 28.4 Å². The van der Waals surface area contributed by atoms with Crippen molar-refractivity contribution in [3.8, 4) is 11.5 Å². The summed E-state index contributed by atoms with van der Waals surface area (Å²) in [6.07, 6.45) is -2.08. The highest BCUT2D eigenvalue weighted by Crippen LogP contribution is 2.34. The molecule has 2 aromatic carbocycles. The van der Waals surface area contributed by atoms with Gasteiger partial charge in [0.1, 0.15) is 5.52 Å². The van der Waals surface area contributed by atoms with E-state index in [2.05, 4.69) is 15.0 Å². The van der Waals surface area contributed by atoms with Crippen molar-refractivity contribution in [3.63, 3.8) is 0 Å². The Bertz CT molecular complexity index is 1540. The summed E-state index contributed by atoms with van der Waals surface area (Å²) in [6, 6.07) is 9.45. The summed E-state index contributed by atoms with van der Waals surface area (Å²) in [7, 11) is 0. The number of nitrogens with zero attached hydrogens (tertiary/aromatic N) is 3. The number of nitrogens with one attached hydrogen (secondary N) is 2. The lowest BCUT2D eigenvalue weighted by Crippen LogP contribution is -2.51. The molecule has 2 fully saturated rings. The van der Waals surface area contributed by atoms with Crippen LogP contribution in [0.3, 0.4) is 0 Å². The number of fused-ring (bicyclic) bond motifs is 2. The average Bonchev–Trinajstić information content (AvgIpc) is 3.62. The van der Waals surface area contributed by atoms with Gasteiger partial charge in [0, 0.05) is 49.4 Å². The van der Waals surface area contributed by atoms with Gasteiger partial charge in [0.25, 0.3) is 0 Å². The molecular weight excluding hydrogens is 490 g/mol. The van der Waals surface area contributed by atoms with E-state index in [4.69, 9.17) is 0 Å². The Morgan fingerprint density at radius 2 is 1.92 bits per heavy atom. The summed E-state index contributed by atoms with van der Waals surface area (Å²) in [5, 5.41) is 0. The number of aromatic nitrogens is 3. The second kappa shape index (κ2) is 8.46. The second-order valence-corrected chi connectivity index (χ2v) is 9.28. The number of carbonyl (C=O) groups excluding carboxylic acids is 2. The number of hydrogen-bond acceptors (Lipinski definition) is 4. The fraction of sp³-hybridized carbons (Fsp3) is 0.269. The summed E-state index contributed by atoms with van der Waals surface area (Å²) >= 11 is 0. The maximum atomic E-state index is 15.5. The molecule has 6 rings (SSSR count). The van der Waals surface area contributed by atoms with Crippen molar-refractivity contribution in [1.82, 2.24) is 19.9 Å². The topological polar surface area (TPSA) is 85.1 Å². The molecule has 4 heterocycles. The lowest BCUT2D eigenvalue weighted by atomic mass is 9.99. The number of hydrogen-bond donors (Lipinski definition) is 2. The number of aromatic amines is 2. The van der Waals surface area contributed by atoms with Crippen molar-refractivity contribution in [1.29, 1.82) is 0 Å². The zero-order valence-corrected chi connectivity index (χ0v) is 19.4. The third-order valence-electron chi connectivity index (χ3n) is 7.09. The van der Waals surface area contributed by atoms with E-state index in [1.165, 1.54) is 24.4 Å². The molecule has 4 aromatic rings. The SMILES string of the molecule is O=C(c1c[nH]c(-c2nc3c(F)c(N4CCN5C(=O)CC[C@@H]5C4)ccc3[nH]2)c1)c1ccccc1C(F)(F)F. The minimum Gasteiger partial charge on any atom is -0.365 e. The van der Waals surface area contributed by atoms with E-state index in [1.807, 2.05) is 9.80 Å². The van der Waals surface area contributed by atoms with Crippen LogP contribution in [-0.2, 0) is 11.0 Å². The van der Waals surface area contributed by atoms with Crippen LogP contribution < -0.4 is 4.90 Å². The Kier molecular flexibility index (Phi) is 5.32. The summed E-state index contributed by atoms with van der Waals surface area (Å²) < 4.78 is 55.6. The molecule has 7 nitrogen and oxygen atoms in total. The van der Waals surface area contributed by atoms with Crippen LogP contribution in [-0.4, -0.2) is 57.2 Å². The fourth-order valence-corrected chi connectivity index (χ4v) is 5.23. The molecule has 190 valence electrons. The van der Waals surface area contributed by atoms with E-state index in [0.717, 1.165) is 18.6 Å². The maximum absolute atomic E-state index is 15.5. The smallest absolute Gasteiger partial charge is 0.365 e. The Hall–Kier alpha value is -4.15. The van der Waals surface area contributed by atoms with Crippen LogP contribution in [0, 0.1) is 5.82 Å². The van der Waals surface area contributed by atoms with E-state index in [0.29, 0.717) is 43.0 Å². The summed E-state index contributed by atoms with van der Waals surface area (Å²) in [5.41, 5.74) is -0.150. The first-order valence-electron chi connectivity index (χ1n) is 11.8. The molecule has 0 aliphatic carbocycles. The Morgan fingerprint density at radius 3 is 2.73 bits per heavy atom. The van der Waals surface area contributed by atoms with Gasteiger partial charge in [-0.3, -0.25) is 9.59 Å². The van der Waals surface area contributed by atoms with Crippen molar-refractivity contribution < 1.29 is 27.2 Å². The van der Waals surface area contributed by atoms with Gasteiger partial charge >= 0.3 is 6.18 Å². The van der Waals surface area contributed by atoms with Crippen LogP contribution in [0.15, 0.2) is 48.7 Å². The van der Waals surface area contributed by atoms with E-state index < -0.39 is 28.9 Å². The Balaban J connectivity index is 1.28. The highest BCUT2D eigenvalue weighted by molar-refractivity contribution is 6.10. The molecule has 0 bridgehead atoms. The first kappa shape index (κ1) is 23.3. The summed E-state index contributed by atoms with van der Waals surface area (Å²) in [5.74, 6) is -0.895. The van der Waals surface area contributed by atoms with Crippen molar-refractivity contribution in [3.05, 3.63) is 71.2 Å². The van der Waals surface area contributed by atoms with E-state index in [1.54, 1.807) is 12.1 Å². The maximum Gasteiger partial charge on any atom is 0.417 e. The molecule has 0 spiro atoms. The highest BCUT2D eigenvalue weighted by atomic mass is 19.4. The average molecular weight is 511 g/mol. The van der Waals surface area contributed by atoms with Crippen LogP contribution in [0.25, 0.3) is 22.6 Å². The van der Waals surface area contributed by atoms with Gasteiger partial charge in [0.2, 0.25) is 5.91 Å². The van der Waals surface area contributed by atoms with Crippen LogP contribution in [0.5, 0.6) is 0 Å². The monoisotopic (exact) mass is 511 g/mol. The Morgan fingerprint density at radius 1 is 1.11 bits per heavy atom. The molecule has 1 amide bonds. The van der Waals surface area contributed by atoms with Gasteiger partial charge < -0.3 is 19.8 Å². The van der Waals surface area contributed by atoms with Gasteiger partial charge in [-0.1, -0.05) is 18.2 Å². The van der Waals surface area contributed by atoms with Crippen LogP contribution in [0.4, 0.5) is 23.2 Å². The minimum absolute atomic E-state index is 0.0253. The van der Waals surface area contributed by atoms with Crippen LogP contribution in [0.2, 0.25) is 0 Å². The number of H-pyrrole nitrogens is 2. The molecular formula is C26H21F4N5O2. The summed E-state index contributed by atoms with van der Waals surface area (Å²) in [6.45, 7) is 1.61. The van der Waals surface area contributed by atoms with E-state index >= 15 is 4.39 Å². The van der Waals surface area contributed by atoms with Crippen molar-refractivity contribution in [2.45, 2.75) is 25.1 Å². The molecule has 0 unspecified atom stereocenters. The van der Waals surface area contributed by atoms with Crippen LogP contribution >= 0.6 is 0 Å². The Labute approximate surface area is 208 Å². The molecule has 2 N–H and O–H groups in total. The lowest BCUT2D eigenvalue weighted by molar-refractivity contribution is -0.138. The molecule has 2 aromatic heterocycles. The predicted molar refractivity (Wildman–Crippen MR) is 128 cm³/mol. The number of alkyl halides is 3. The molecule has 11 heteroatoms. The number of carbonyl (C=O) groups is 2. The zero-order valence-electron chi connectivity index (χ0n) is 19.4. The minimum atomic E-state index is -4.67.